The summed E-state index contributed by atoms with van der Waals surface area (Å²) in [4.78, 5) is 10.9. The molecule has 2 atom stereocenters. The molecular formula is C14H20N2O6S2. The van der Waals surface area contributed by atoms with Gasteiger partial charge in [0.2, 0.25) is 20.0 Å². The molecule has 0 saturated carbocycles. The highest BCUT2D eigenvalue weighted by Crippen LogP contribution is 2.29. The summed E-state index contributed by atoms with van der Waals surface area (Å²) in [5.74, 6) is -1.80. The fourth-order valence-electron chi connectivity index (χ4n) is 2.67. The van der Waals surface area contributed by atoms with Crippen LogP contribution in [0.2, 0.25) is 0 Å². The monoisotopic (exact) mass is 376 g/mol. The molecule has 2 unspecified atom stereocenters. The van der Waals surface area contributed by atoms with Gasteiger partial charge in [0, 0.05) is 12.6 Å². The van der Waals surface area contributed by atoms with Crippen molar-refractivity contribution in [2.45, 2.75) is 35.6 Å². The number of piperidine rings is 1. The summed E-state index contributed by atoms with van der Waals surface area (Å²) in [7, 11) is -6.53. The Bertz CT molecular complexity index is 835. The standard InChI is InChI=1S/C14H20N2O6S2/c1-10-6-7-11(14(17)18)9-16(10)24(21,22)13-5-3-4-12(8-13)23(19,20)15-2/h3-5,8,10-11,15H,6-7,9H2,1-2H3,(H,17,18). The van der Waals surface area contributed by atoms with Crippen molar-refractivity contribution in [3.05, 3.63) is 24.3 Å². The van der Waals surface area contributed by atoms with E-state index in [9.17, 15) is 21.6 Å². The van der Waals surface area contributed by atoms with Crippen LogP contribution in [0, 0.1) is 5.92 Å². The van der Waals surface area contributed by atoms with Crippen molar-refractivity contribution >= 4 is 26.0 Å². The predicted octanol–water partition coefficient (Wildman–Crippen LogP) is 0.469. The minimum Gasteiger partial charge on any atom is -0.481 e. The number of benzene rings is 1. The smallest absolute Gasteiger partial charge is 0.307 e. The van der Waals surface area contributed by atoms with E-state index in [4.69, 9.17) is 5.11 Å². The maximum atomic E-state index is 12.9. The number of carboxylic acids is 1. The zero-order valence-corrected chi connectivity index (χ0v) is 15.0. The molecule has 8 nitrogen and oxygen atoms in total. The van der Waals surface area contributed by atoms with Gasteiger partial charge in [-0.15, -0.1) is 0 Å². The highest BCUT2D eigenvalue weighted by atomic mass is 32.2. The number of nitrogens with zero attached hydrogens (tertiary/aromatic N) is 1. The van der Waals surface area contributed by atoms with Crippen LogP contribution in [0.5, 0.6) is 0 Å². The fraction of sp³-hybridized carbons (Fsp3) is 0.500. The SMILES string of the molecule is CNS(=O)(=O)c1cccc(S(=O)(=O)N2CC(C(=O)O)CCC2C)c1. The van der Waals surface area contributed by atoms with Crippen molar-refractivity contribution in [1.29, 1.82) is 0 Å². The Morgan fingerprint density at radius 1 is 1.21 bits per heavy atom. The summed E-state index contributed by atoms with van der Waals surface area (Å²) in [5, 5.41) is 9.15. The molecule has 0 spiro atoms. The van der Waals surface area contributed by atoms with Crippen molar-refractivity contribution < 1.29 is 26.7 Å². The van der Waals surface area contributed by atoms with Crippen molar-refractivity contribution in [2.75, 3.05) is 13.6 Å². The van der Waals surface area contributed by atoms with E-state index in [2.05, 4.69) is 4.72 Å². The molecule has 0 amide bonds. The molecule has 1 aromatic rings. The van der Waals surface area contributed by atoms with Crippen LogP contribution in [0.15, 0.2) is 34.1 Å². The number of carboxylic acid groups (broad SMARTS) is 1. The summed E-state index contributed by atoms with van der Waals surface area (Å²) in [6.07, 6.45) is 0.849. The summed E-state index contributed by atoms with van der Waals surface area (Å²) >= 11 is 0. The summed E-state index contributed by atoms with van der Waals surface area (Å²) in [6.45, 7) is 1.59. The van der Waals surface area contributed by atoms with E-state index in [0.29, 0.717) is 12.8 Å². The van der Waals surface area contributed by atoms with E-state index in [1.165, 1.54) is 25.2 Å². The second-order valence-corrected chi connectivity index (χ2v) is 9.50. The highest BCUT2D eigenvalue weighted by molar-refractivity contribution is 7.90. The summed E-state index contributed by atoms with van der Waals surface area (Å²) < 4.78 is 52.7. The van der Waals surface area contributed by atoms with Gasteiger partial charge in [0.05, 0.1) is 15.7 Å². The molecule has 134 valence electrons. The van der Waals surface area contributed by atoms with Gasteiger partial charge in [-0.2, -0.15) is 4.31 Å². The molecule has 1 aromatic carbocycles. The van der Waals surface area contributed by atoms with Crippen LogP contribution in [-0.4, -0.2) is 51.9 Å². The first kappa shape index (κ1) is 18.8. The first-order valence-electron chi connectivity index (χ1n) is 7.38. The van der Waals surface area contributed by atoms with Gasteiger partial charge >= 0.3 is 5.97 Å². The van der Waals surface area contributed by atoms with E-state index in [1.54, 1.807) is 6.92 Å². The first-order chi connectivity index (χ1) is 11.1. The van der Waals surface area contributed by atoms with Crippen LogP contribution in [0.25, 0.3) is 0 Å². The van der Waals surface area contributed by atoms with Crippen molar-refractivity contribution in [3.63, 3.8) is 0 Å². The molecule has 24 heavy (non-hydrogen) atoms. The van der Waals surface area contributed by atoms with Gasteiger partial charge in [0.15, 0.2) is 0 Å². The molecule has 1 aliphatic heterocycles. The Balaban J connectivity index is 2.43. The fourth-order valence-corrected chi connectivity index (χ4v) is 5.27. The molecule has 0 radical (unpaired) electrons. The van der Waals surface area contributed by atoms with E-state index in [-0.39, 0.29) is 22.4 Å². The van der Waals surface area contributed by atoms with Gasteiger partial charge < -0.3 is 5.11 Å². The van der Waals surface area contributed by atoms with Crippen LogP contribution >= 0.6 is 0 Å². The zero-order chi connectivity index (χ0) is 18.1. The van der Waals surface area contributed by atoms with Crippen LogP contribution in [0.4, 0.5) is 0 Å². The Morgan fingerprint density at radius 3 is 2.42 bits per heavy atom. The van der Waals surface area contributed by atoms with E-state index < -0.39 is 31.9 Å². The van der Waals surface area contributed by atoms with Gasteiger partial charge in [-0.1, -0.05) is 6.07 Å². The molecule has 1 fully saturated rings. The number of hydrogen-bond donors (Lipinski definition) is 2. The predicted molar refractivity (Wildman–Crippen MR) is 86.4 cm³/mol. The lowest BCUT2D eigenvalue weighted by Crippen LogP contribution is -2.47. The molecular weight excluding hydrogens is 356 g/mol. The second kappa shape index (κ2) is 6.79. The van der Waals surface area contributed by atoms with E-state index in [0.717, 1.165) is 10.4 Å². The lowest BCUT2D eigenvalue weighted by molar-refractivity contribution is -0.143. The molecule has 0 bridgehead atoms. The number of rotatable bonds is 5. The average Bonchev–Trinajstić information content (AvgIpc) is 2.55. The van der Waals surface area contributed by atoms with Crippen molar-refractivity contribution in [3.8, 4) is 0 Å². The Morgan fingerprint density at radius 2 is 1.83 bits per heavy atom. The largest absolute Gasteiger partial charge is 0.481 e. The molecule has 1 aliphatic rings. The van der Waals surface area contributed by atoms with Crippen molar-refractivity contribution in [1.82, 2.24) is 9.03 Å². The summed E-state index contributed by atoms with van der Waals surface area (Å²) in [6, 6.07) is 4.68. The number of hydrogen-bond acceptors (Lipinski definition) is 5. The highest BCUT2D eigenvalue weighted by Gasteiger charge is 2.37. The Labute approximate surface area is 141 Å². The van der Waals surface area contributed by atoms with Crippen LogP contribution in [0.1, 0.15) is 19.8 Å². The molecule has 0 aromatic heterocycles. The summed E-state index contributed by atoms with van der Waals surface area (Å²) in [5.41, 5.74) is 0. The third-order valence-corrected chi connectivity index (χ3v) is 7.55. The molecule has 0 aliphatic carbocycles. The van der Waals surface area contributed by atoms with E-state index in [1.807, 2.05) is 0 Å². The topological polar surface area (TPSA) is 121 Å². The van der Waals surface area contributed by atoms with Gasteiger partial charge in [-0.3, -0.25) is 4.79 Å². The van der Waals surface area contributed by atoms with Gasteiger partial charge in [-0.05, 0) is 45.0 Å². The van der Waals surface area contributed by atoms with Gasteiger partial charge in [0.1, 0.15) is 0 Å². The quantitative estimate of drug-likeness (QED) is 0.770. The average molecular weight is 376 g/mol. The maximum absolute atomic E-state index is 12.9. The van der Waals surface area contributed by atoms with Gasteiger partial charge in [-0.25, -0.2) is 21.6 Å². The normalized spacial score (nSPS) is 23.1. The van der Waals surface area contributed by atoms with Crippen LogP contribution in [-0.2, 0) is 24.8 Å². The molecule has 1 saturated heterocycles. The molecule has 1 heterocycles. The van der Waals surface area contributed by atoms with Crippen LogP contribution < -0.4 is 4.72 Å². The third kappa shape index (κ3) is 3.61. The first-order valence-corrected chi connectivity index (χ1v) is 10.3. The Hall–Kier alpha value is -1.49. The minimum atomic E-state index is -3.99. The van der Waals surface area contributed by atoms with Crippen molar-refractivity contribution in [2.24, 2.45) is 5.92 Å². The second-order valence-electron chi connectivity index (χ2n) is 5.72. The Kier molecular flexibility index (Phi) is 5.33. The zero-order valence-electron chi connectivity index (χ0n) is 13.3. The minimum absolute atomic E-state index is 0.123. The van der Waals surface area contributed by atoms with Crippen LogP contribution in [0.3, 0.4) is 0 Å². The third-order valence-electron chi connectivity index (χ3n) is 4.17. The molecule has 2 rings (SSSR count). The lowest BCUT2D eigenvalue weighted by atomic mass is 9.96. The molecule has 10 heteroatoms. The number of sulfonamides is 2. The lowest BCUT2D eigenvalue weighted by Gasteiger charge is -2.35. The van der Waals surface area contributed by atoms with Gasteiger partial charge in [0.25, 0.3) is 0 Å². The maximum Gasteiger partial charge on any atom is 0.307 e. The number of aliphatic carboxylic acids is 1. The number of nitrogens with one attached hydrogen (secondary N) is 1. The number of carbonyl (C=O) groups is 1. The van der Waals surface area contributed by atoms with E-state index >= 15 is 0 Å². The molecule has 2 N–H and O–H groups in total.